The van der Waals surface area contributed by atoms with E-state index in [4.69, 9.17) is 9.47 Å². The molecule has 0 spiro atoms. The molecule has 2 rings (SSSR count). The van der Waals surface area contributed by atoms with Crippen molar-refractivity contribution in [3.05, 3.63) is 60.7 Å². The second kappa shape index (κ2) is 6.86. The minimum absolute atomic E-state index is 0.594. The Bertz CT molecular complexity index is 375. The van der Waals surface area contributed by atoms with Gasteiger partial charge in [0.2, 0.25) is 0 Å². The van der Waals surface area contributed by atoms with Gasteiger partial charge in [0.25, 0.3) is 0 Å². The van der Waals surface area contributed by atoms with Crippen LogP contribution in [0.3, 0.4) is 0 Å². The molecule has 0 N–H and O–H groups in total. The Kier molecular flexibility index (Phi) is 4.79. The van der Waals surface area contributed by atoms with Crippen molar-refractivity contribution in [2.24, 2.45) is 0 Å². The lowest BCUT2D eigenvalue weighted by atomic mass is 10.3. The maximum absolute atomic E-state index is 5.53. The van der Waals surface area contributed by atoms with Gasteiger partial charge in [-0.05, 0) is 24.3 Å². The highest BCUT2D eigenvalue weighted by atomic mass is 32.2. The molecule has 2 aromatic rings. The second-order valence-corrected chi connectivity index (χ2v) is 4.23. The number of benzene rings is 2. The molecule has 0 aromatic heterocycles. The summed E-state index contributed by atoms with van der Waals surface area (Å²) in [6.07, 6.45) is 0. The van der Waals surface area contributed by atoms with Gasteiger partial charge in [-0.3, -0.25) is 0 Å². The molecule has 0 unspecified atom stereocenters. The van der Waals surface area contributed by atoms with Crippen molar-refractivity contribution in [3.8, 4) is 11.5 Å². The lowest BCUT2D eigenvalue weighted by Gasteiger charge is -2.07. The van der Waals surface area contributed by atoms with Crippen molar-refractivity contribution < 1.29 is 9.47 Å². The monoisotopic (exact) mass is 246 g/mol. The molecule has 0 aliphatic heterocycles. The highest BCUT2D eigenvalue weighted by Crippen LogP contribution is 2.14. The van der Waals surface area contributed by atoms with Crippen molar-refractivity contribution in [1.29, 1.82) is 0 Å². The lowest BCUT2D eigenvalue weighted by Crippen LogP contribution is -1.98. The largest absolute Gasteiger partial charge is 0.483 e. The number of thioether (sulfide) groups is 1. The molecule has 0 amide bonds. The predicted molar refractivity (Wildman–Crippen MR) is 71.5 cm³/mol. The van der Waals surface area contributed by atoms with Gasteiger partial charge >= 0.3 is 0 Å². The number of para-hydroxylation sites is 2. The number of hydrogen-bond acceptors (Lipinski definition) is 3. The van der Waals surface area contributed by atoms with Crippen LogP contribution in [-0.4, -0.2) is 11.9 Å². The predicted octanol–water partition coefficient (Wildman–Crippen LogP) is 3.79. The number of hydrogen-bond donors (Lipinski definition) is 0. The second-order valence-electron chi connectivity index (χ2n) is 3.35. The Morgan fingerprint density at radius 3 is 1.47 bits per heavy atom. The Labute approximate surface area is 106 Å². The maximum Gasteiger partial charge on any atom is 0.137 e. The topological polar surface area (TPSA) is 18.5 Å². The van der Waals surface area contributed by atoms with Crippen molar-refractivity contribution in [2.75, 3.05) is 11.9 Å². The van der Waals surface area contributed by atoms with E-state index in [2.05, 4.69) is 0 Å². The normalized spacial score (nSPS) is 9.88. The van der Waals surface area contributed by atoms with Gasteiger partial charge < -0.3 is 9.47 Å². The smallest absolute Gasteiger partial charge is 0.137 e. The van der Waals surface area contributed by atoms with Gasteiger partial charge in [-0.15, -0.1) is 0 Å². The summed E-state index contributed by atoms with van der Waals surface area (Å²) < 4.78 is 11.1. The van der Waals surface area contributed by atoms with Crippen LogP contribution in [0, 0.1) is 0 Å². The van der Waals surface area contributed by atoms with E-state index in [-0.39, 0.29) is 0 Å². The molecule has 2 nitrogen and oxygen atoms in total. The molecular weight excluding hydrogens is 232 g/mol. The average Bonchev–Trinajstić information content (AvgIpc) is 2.41. The molecule has 88 valence electrons. The molecule has 0 bridgehead atoms. The zero-order valence-corrected chi connectivity index (χ0v) is 10.2. The van der Waals surface area contributed by atoms with Crippen LogP contribution < -0.4 is 9.47 Å². The molecule has 0 heterocycles. The van der Waals surface area contributed by atoms with E-state index in [0.29, 0.717) is 11.9 Å². The quantitative estimate of drug-likeness (QED) is 0.570. The first kappa shape index (κ1) is 11.9. The van der Waals surface area contributed by atoms with Crippen LogP contribution in [0.2, 0.25) is 0 Å². The summed E-state index contributed by atoms with van der Waals surface area (Å²) in [7, 11) is 0. The average molecular weight is 246 g/mol. The molecule has 0 saturated carbocycles. The number of ether oxygens (including phenoxy) is 2. The van der Waals surface area contributed by atoms with Gasteiger partial charge in [0, 0.05) is 0 Å². The van der Waals surface area contributed by atoms with Crippen LogP contribution in [0.4, 0.5) is 0 Å². The van der Waals surface area contributed by atoms with Crippen molar-refractivity contribution in [2.45, 2.75) is 0 Å². The van der Waals surface area contributed by atoms with E-state index in [1.807, 2.05) is 60.7 Å². The van der Waals surface area contributed by atoms with Gasteiger partial charge in [0.1, 0.15) is 23.4 Å². The molecule has 0 fully saturated rings. The molecule has 0 saturated heterocycles. The van der Waals surface area contributed by atoms with E-state index in [9.17, 15) is 0 Å². The van der Waals surface area contributed by atoms with Crippen LogP contribution in [0.15, 0.2) is 60.7 Å². The Balaban J connectivity index is 1.61. The van der Waals surface area contributed by atoms with Gasteiger partial charge in [-0.25, -0.2) is 0 Å². The van der Waals surface area contributed by atoms with E-state index >= 15 is 0 Å². The van der Waals surface area contributed by atoms with Gasteiger partial charge in [0.05, 0.1) is 0 Å². The third kappa shape index (κ3) is 4.41. The van der Waals surface area contributed by atoms with E-state index in [1.165, 1.54) is 0 Å². The van der Waals surface area contributed by atoms with Crippen molar-refractivity contribution in [1.82, 2.24) is 0 Å². The molecule has 0 aliphatic rings. The summed E-state index contributed by atoms with van der Waals surface area (Å²) in [6, 6.07) is 19.5. The van der Waals surface area contributed by atoms with Crippen LogP contribution >= 0.6 is 11.8 Å². The minimum atomic E-state index is 0.594. The van der Waals surface area contributed by atoms with Gasteiger partial charge in [-0.1, -0.05) is 48.2 Å². The van der Waals surface area contributed by atoms with Gasteiger partial charge in [0.15, 0.2) is 0 Å². The maximum atomic E-state index is 5.53. The molecular formula is C14H14O2S. The van der Waals surface area contributed by atoms with Crippen LogP contribution in [0.25, 0.3) is 0 Å². The van der Waals surface area contributed by atoms with Crippen molar-refractivity contribution >= 4 is 11.8 Å². The van der Waals surface area contributed by atoms with Gasteiger partial charge in [-0.2, -0.15) is 0 Å². The summed E-state index contributed by atoms with van der Waals surface area (Å²) >= 11 is 1.60. The fourth-order valence-corrected chi connectivity index (χ4v) is 1.79. The zero-order chi connectivity index (χ0) is 11.8. The van der Waals surface area contributed by atoms with Crippen molar-refractivity contribution in [3.63, 3.8) is 0 Å². The molecule has 0 atom stereocenters. The first-order chi connectivity index (χ1) is 8.45. The highest BCUT2D eigenvalue weighted by Gasteiger charge is 1.94. The highest BCUT2D eigenvalue weighted by molar-refractivity contribution is 7.99. The SMILES string of the molecule is c1ccc(OCSCOc2ccccc2)cc1. The molecule has 0 radical (unpaired) electrons. The molecule has 17 heavy (non-hydrogen) atoms. The number of rotatable bonds is 6. The summed E-state index contributed by atoms with van der Waals surface area (Å²) in [5, 5.41) is 0. The summed E-state index contributed by atoms with van der Waals surface area (Å²) in [5.74, 6) is 2.97. The Hall–Kier alpha value is -1.61. The molecule has 3 heteroatoms. The Morgan fingerprint density at radius 1 is 0.647 bits per heavy atom. The fourth-order valence-electron chi connectivity index (χ4n) is 1.29. The summed E-state index contributed by atoms with van der Waals surface area (Å²) in [4.78, 5) is 0. The van der Waals surface area contributed by atoms with Crippen LogP contribution in [-0.2, 0) is 0 Å². The fraction of sp³-hybridized carbons (Fsp3) is 0.143. The molecule has 2 aromatic carbocycles. The van der Waals surface area contributed by atoms with Crippen LogP contribution in [0.5, 0.6) is 11.5 Å². The lowest BCUT2D eigenvalue weighted by molar-refractivity contribution is 0.373. The summed E-state index contributed by atoms with van der Waals surface area (Å²) in [5.41, 5.74) is 0. The first-order valence-corrected chi connectivity index (χ1v) is 6.54. The molecule has 0 aliphatic carbocycles. The van der Waals surface area contributed by atoms with E-state index < -0.39 is 0 Å². The third-order valence-electron chi connectivity index (χ3n) is 2.10. The summed E-state index contributed by atoms with van der Waals surface area (Å²) in [6.45, 7) is 0. The van der Waals surface area contributed by atoms with E-state index in [1.54, 1.807) is 11.8 Å². The van der Waals surface area contributed by atoms with E-state index in [0.717, 1.165) is 11.5 Å². The minimum Gasteiger partial charge on any atom is -0.483 e. The zero-order valence-electron chi connectivity index (χ0n) is 9.41. The van der Waals surface area contributed by atoms with Crippen LogP contribution in [0.1, 0.15) is 0 Å². The third-order valence-corrected chi connectivity index (χ3v) is 2.67. The Morgan fingerprint density at radius 2 is 1.06 bits per heavy atom. The first-order valence-electron chi connectivity index (χ1n) is 5.38. The standard InChI is InChI=1S/C14H14O2S/c1-3-7-13(8-4-1)15-11-17-12-16-14-9-5-2-6-10-14/h1-10H,11-12H2.